The summed E-state index contributed by atoms with van der Waals surface area (Å²) in [6.07, 6.45) is 0.815. The summed E-state index contributed by atoms with van der Waals surface area (Å²) in [5.41, 5.74) is 0.381. The number of rotatable bonds is 12. The Morgan fingerprint density at radius 1 is 1.13 bits per heavy atom. The number of hydrogen-bond donors (Lipinski definition) is 0. The van der Waals surface area contributed by atoms with E-state index < -0.39 is 17.5 Å². The van der Waals surface area contributed by atoms with E-state index in [9.17, 15) is 9.59 Å². The van der Waals surface area contributed by atoms with Crippen molar-refractivity contribution in [1.82, 2.24) is 0 Å². The van der Waals surface area contributed by atoms with Gasteiger partial charge in [-0.05, 0) is 38.7 Å². The minimum Gasteiger partial charge on any atom is -0.465 e. The van der Waals surface area contributed by atoms with Crippen molar-refractivity contribution in [2.24, 2.45) is 11.8 Å². The predicted molar refractivity (Wildman–Crippen MR) is 90.2 cm³/mol. The molecule has 0 radical (unpaired) electrons. The van der Waals surface area contributed by atoms with E-state index in [4.69, 9.17) is 14.2 Å². The molecule has 1 atom stereocenters. The third kappa shape index (κ3) is 10.2. The average molecular weight is 328 g/mol. The van der Waals surface area contributed by atoms with Crippen molar-refractivity contribution < 1.29 is 23.8 Å². The zero-order chi connectivity index (χ0) is 18.0. The van der Waals surface area contributed by atoms with Crippen molar-refractivity contribution in [1.29, 1.82) is 0 Å². The molecule has 0 spiro atoms. The number of hydrogen-bond acceptors (Lipinski definition) is 5. The number of methoxy groups -OCH3 is 1. The van der Waals surface area contributed by atoms with Gasteiger partial charge in [0.05, 0.1) is 25.4 Å². The van der Waals surface area contributed by atoms with Gasteiger partial charge in [-0.15, -0.1) is 0 Å². The number of carbonyl (C=O) groups is 2. The Morgan fingerprint density at radius 3 is 2.26 bits per heavy atom. The van der Waals surface area contributed by atoms with E-state index in [1.807, 2.05) is 27.7 Å². The van der Waals surface area contributed by atoms with Crippen LogP contribution in [0.2, 0.25) is 0 Å². The zero-order valence-corrected chi connectivity index (χ0v) is 15.4. The Balaban J connectivity index is 4.23. The van der Waals surface area contributed by atoms with E-state index in [0.717, 1.165) is 5.57 Å². The second-order valence-corrected chi connectivity index (χ2v) is 6.94. The van der Waals surface area contributed by atoms with Gasteiger partial charge in [-0.3, -0.25) is 9.59 Å². The van der Waals surface area contributed by atoms with Crippen LogP contribution in [-0.2, 0) is 23.8 Å². The SMILES string of the molecule is C=C(COC)COC(C)(C)CCC(=O)C(C)C(=O)OCC(C)C. The predicted octanol–water partition coefficient (Wildman–Crippen LogP) is 3.17. The van der Waals surface area contributed by atoms with E-state index in [1.165, 1.54) is 0 Å². The Morgan fingerprint density at radius 2 is 1.74 bits per heavy atom. The summed E-state index contributed by atoms with van der Waals surface area (Å²) in [6.45, 7) is 14.4. The smallest absolute Gasteiger partial charge is 0.316 e. The molecule has 0 saturated heterocycles. The first-order valence-corrected chi connectivity index (χ1v) is 8.08. The first-order valence-electron chi connectivity index (χ1n) is 8.08. The van der Waals surface area contributed by atoms with E-state index in [-0.39, 0.29) is 18.1 Å². The van der Waals surface area contributed by atoms with Gasteiger partial charge in [0.25, 0.3) is 0 Å². The highest BCUT2D eigenvalue weighted by Gasteiger charge is 2.26. The van der Waals surface area contributed by atoms with Crippen LogP contribution in [0.1, 0.15) is 47.5 Å². The minimum absolute atomic E-state index is 0.119. The molecule has 1 unspecified atom stereocenters. The fourth-order valence-electron chi connectivity index (χ4n) is 1.76. The van der Waals surface area contributed by atoms with Crippen LogP contribution in [0.5, 0.6) is 0 Å². The van der Waals surface area contributed by atoms with E-state index >= 15 is 0 Å². The normalized spacial score (nSPS) is 13.0. The molecule has 0 aliphatic carbocycles. The molecule has 0 N–H and O–H groups in total. The minimum atomic E-state index is -0.729. The first-order chi connectivity index (χ1) is 10.6. The molecule has 0 aromatic rings. The highest BCUT2D eigenvalue weighted by molar-refractivity contribution is 5.98. The highest BCUT2D eigenvalue weighted by atomic mass is 16.5. The zero-order valence-electron chi connectivity index (χ0n) is 15.4. The third-order valence-corrected chi connectivity index (χ3v) is 3.38. The van der Waals surface area contributed by atoms with Gasteiger partial charge < -0.3 is 14.2 Å². The number of ether oxygens (including phenoxy) is 3. The molecule has 0 aliphatic heterocycles. The molecular formula is C18H32O5. The van der Waals surface area contributed by atoms with Crippen LogP contribution in [0.3, 0.4) is 0 Å². The summed E-state index contributed by atoms with van der Waals surface area (Å²) < 4.78 is 15.9. The maximum absolute atomic E-state index is 12.1. The van der Waals surface area contributed by atoms with Crippen molar-refractivity contribution in [3.8, 4) is 0 Å². The van der Waals surface area contributed by atoms with Gasteiger partial charge in [0.1, 0.15) is 11.7 Å². The Labute approximate surface area is 140 Å². The van der Waals surface area contributed by atoms with Crippen molar-refractivity contribution >= 4 is 11.8 Å². The maximum atomic E-state index is 12.1. The first kappa shape index (κ1) is 21.8. The molecule has 0 bridgehead atoms. The molecule has 0 amide bonds. The van der Waals surface area contributed by atoms with Crippen LogP contribution in [0, 0.1) is 11.8 Å². The second-order valence-electron chi connectivity index (χ2n) is 6.94. The number of Topliss-reactive ketones (excluding diaryl/α,β-unsaturated/α-hetero) is 1. The largest absolute Gasteiger partial charge is 0.465 e. The molecular weight excluding hydrogens is 296 g/mol. The lowest BCUT2D eigenvalue weighted by molar-refractivity contribution is -0.152. The summed E-state index contributed by atoms with van der Waals surface area (Å²) in [5, 5.41) is 0. The van der Waals surface area contributed by atoms with Crippen LogP contribution in [-0.4, -0.2) is 44.3 Å². The molecule has 0 saturated carbocycles. The fraction of sp³-hybridized carbons (Fsp3) is 0.778. The quantitative estimate of drug-likeness (QED) is 0.313. The van der Waals surface area contributed by atoms with Crippen LogP contribution in [0.25, 0.3) is 0 Å². The van der Waals surface area contributed by atoms with Gasteiger partial charge in [0.2, 0.25) is 0 Å². The van der Waals surface area contributed by atoms with Crippen molar-refractivity contribution in [3.05, 3.63) is 12.2 Å². The van der Waals surface area contributed by atoms with Crippen molar-refractivity contribution in [2.75, 3.05) is 26.9 Å². The highest BCUT2D eigenvalue weighted by Crippen LogP contribution is 2.20. The number of carbonyl (C=O) groups excluding carboxylic acids is 2. The number of ketones is 1. The summed E-state index contributed by atoms with van der Waals surface area (Å²) in [4.78, 5) is 23.9. The van der Waals surface area contributed by atoms with Gasteiger partial charge in [-0.25, -0.2) is 0 Å². The van der Waals surface area contributed by atoms with Crippen LogP contribution in [0.4, 0.5) is 0 Å². The molecule has 5 heteroatoms. The molecule has 0 rings (SSSR count). The molecule has 0 aromatic carbocycles. The maximum Gasteiger partial charge on any atom is 0.316 e. The summed E-state index contributed by atoms with van der Waals surface area (Å²) in [6, 6.07) is 0. The Bertz CT molecular complexity index is 398. The number of esters is 1. The van der Waals surface area contributed by atoms with E-state index in [1.54, 1.807) is 14.0 Å². The Hall–Kier alpha value is -1.20. The molecule has 0 heterocycles. The van der Waals surface area contributed by atoms with Crippen molar-refractivity contribution in [3.63, 3.8) is 0 Å². The molecule has 134 valence electrons. The van der Waals surface area contributed by atoms with E-state index in [0.29, 0.717) is 26.2 Å². The van der Waals surface area contributed by atoms with Crippen LogP contribution < -0.4 is 0 Å². The summed E-state index contributed by atoms with van der Waals surface area (Å²) in [5.74, 6) is -1.04. The molecule has 0 aliphatic rings. The third-order valence-electron chi connectivity index (χ3n) is 3.38. The summed E-state index contributed by atoms with van der Waals surface area (Å²) in [7, 11) is 1.61. The van der Waals surface area contributed by atoms with E-state index in [2.05, 4.69) is 6.58 Å². The van der Waals surface area contributed by atoms with Gasteiger partial charge in [0, 0.05) is 13.5 Å². The molecule has 23 heavy (non-hydrogen) atoms. The lowest BCUT2D eigenvalue weighted by Gasteiger charge is -2.26. The molecule has 5 nitrogen and oxygen atoms in total. The lowest BCUT2D eigenvalue weighted by atomic mass is 9.95. The molecule has 0 aromatic heterocycles. The van der Waals surface area contributed by atoms with Crippen molar-refractivity contribution in [2.45, 2.75) is 53.1 Å². The standard InChI is InChI=1S/C18H32O5/c1-13(2)10-22-17(20)15(4)16(19)8-9-18(5,6)23-12-14(3)11-21-7/h13,15H,3,8-12H2,1-2,4-7H3. The summed E-state index contributed by atoms with van der Waals surface area (Å²) >= 11 is 0. The Kier molecular flexibility index (Phi) is 10.0. The molecule has 0 fully saturated rings. The second kappa shape index (κ2) is 10.6. The average Bonchev–Trinajstić information content (AvgIpc) is 2.48. The monoisotopic (exact) mass is 328 g/mol. The van der Waals surface area contributed by atoms with Crippen LogP contribution >= 0.6 is 0 Å². The van der Waals surface area contributed by atoms with Gasteiger partial charge in [-0.2, -0.15) is 0 Å². The van der Waals surface area contributed by atoms with Gasteiger partial charge >= 0.3 is 5.97 Å². The van der Waals surface area contributed by atoms with Crippen LogP contribution in [0.15, 0.2) is 12.2 Å². The lowest BCUT2D eigenvalue weighted by Crippen LogP contribution is -2.30. The van der Waals surface area contributed by atoms with Gasteiger partial charge in [-0.1, -0.05) is 20.4 Å². The fourth-order valence-corrected chi connectivity index (χ4v) is 1.76. The topological polar surface area (TPSA) is 61.8 Å². The van der Waals surface area contributed by atoms with Gasteiger partial charge in [0.15, 0.2) is 0 Å².